The lowest BCUT2D eigenvalue weighted by atomic mass is 10.1. The van der Waals surface area contributed by atoms with Gasteiger partial charge in [0.1, 0.15) is 0 Å². The van der Waals surface area contributed by atoms with Gasteiger partial charge in [0.25, 0.3) is 11.8 Å². The molecule has 19 heavy (non-hydrogen) atoms. The monoisotopic (exact) mass is 260 g/mol. The molecule has 0 saturated heterocycles. The molecule has 1 aliphatic heterocycles. The van der Waals surface area contributed by atoms with Gasteiger partial charge < -0.3 is 5.32 Å². The van der Waals surface area contributed by atoms with E-state index in [0.29, 0.717) is 17.7 Å². The summed E-state index contributed by atoms with van der Waals surface area (Å²) in [4.78, 5) is 36.7. The fraction of sp³-hybridized carbons (Fsp3) is 0.357. The molecule has 3 amide bonds. The van der Waals surface area contributed by atoms with Crippen molar-refractivity contribution in [1.29, 1.82) is 0 Å². The average Bonchev–Trinajstić information content (AvgIpc) is 2.60. The van der Waals surface area contributed by atoms with E-state index in [1.807, 2.05) is 13.8 Å². The van der Waals surface area contributed by atoms with Crippen LogP contribution in [0, 0.1) is 6.92 Å². The number of carbonyl (C=O) groups is 3. The zero-order valence-corrected chi connectivity index (χ0v) is 11.0. The molecule has 1 aliphatic rings. The molecule has 1 aromatic carbocycles. The van der Waals surface area contributed by atoms with E-state index >= 15 is 0 Å². The zero-order chi connectivity index (χ0) is 14.0. The molecule has 0 unspecified atom stereocenters. The Labute approximate surface area is 111 Å². The highest BCUT2D eigenvalue weighted by molar-refractivity contribution is 6.21. The summed E-state index contributed by atoms with van der Waals surface area (Å²) in [5.41, 5.74) is 1.79. The van der Waals surface area contributed by atoms with Crippen molar-refractivity contribution in [3.05, 3.63) is 34.9 Å². The van der Waals surface area contributed by atoms with Gasteiger partial charge in [-0.1, -0.05) is 11.6 Å². The molecule has 0 fully saturated rings. The van der Waals surface area contributed by atoms with Gasteiger partial charge >= 0.3 is 0 Å². The molecule has 0 spiro atoms. The highest BCUT2D eigenvalue weighted by atomic mass is 16.2. The summed E-state index contributed by atoms with van der Waals surface area (Å²) in [7, 11) is 0. The molecule has 0 bridgehead atoms. The van der Waals surface area contributed by atoms with Crippen LogP contribution in [0.4, 0.5) is 0 Å². The predicted octanol–water partition coefficient (Wildman–Crippen LogP) is 1.12. The number of amides is 3. The molecule has 1 N–H and O–H groups in total. The number of aryl methyl sites for hydroxylation is 1. The van der Waals surface area contributed by atoms with Crippen LogP contribution in [0.25, 0.3) is 0 Å². The second-order valence-electron chi connectivity index (χ2n) is 4.51. The molecular weight excluding hydrogens is 244 g/mol. The molecule has 5 nitrogen and oxygen atoms in total. The number of carbonyl (C=O) groups excluding carboxylic acids is 3. The second kappa shape index (κ2) is 5.22. The number of hydrogen-bond donors (Lipinski definition) is 1. The van der Waals surface area contributed by atoms with Crippen LogP contribution >= 0.6 is 0 Å². The molecule has 0 saturated carbocycles. The summed E-state index contributed by atoms with van der Waals surface area (Å²) < 4.78 is 0. The normalized spacial score (nSPS) is 13.7. The minimum absolute atomic E-state index is 0.122. The number of benzene rings is 1. The Morgan fingerprint density at radius 3 is 2.58 bits per heavy atom. The lowest BCUT2D eigenvalue weighted by molar-refractivity contribution is -0.121. The first-order valence-electron chi connectivity index (χ1n) is 6.28. The van der Waals surface area contributed by atoms with Gasteiger partial charge in [0.2, 0.25) is 5.91 Å². The van der Waals surface area contributed by atoms with Gasteiger partial charge in [-0.15, -0.1) is 0 Å². The third kappa shape index (κ3) is 2.50. The van der Waals surface area contributed by atoms with E-state index in [9.17, 15) is 14.4 Å². The summed E-state index contributed by atoms with van der Waals surface area (Å²) in [6.07, 6.45) is 0.137. The van der Waals surface area contributed by atoms with Crippen LogP contribution < -0.4 is 5.32 Å². The Balaban J connectivity index is 2.12. The minimum atomic E-state index is -0.315. The van der Waals surface area contributed by atoms with Gasteiger partial charge in [-0.05, 0) is 26.0 Å². The van der Waals surface area contributed by atoms with E-state index in [-0.39, 0.29) is 30.7 Å². The highest BCUT2D eigenvalue weighted by Crippen LogP contribution is 2.23. The Bertz CT molecular complexity index is 552. The quantitative estimate of drug-likeness (QED) is 0.825. The molecule has 0 atom stereocenters. The summed E-state index contributed by atoms with van der Waals surface area (Å²) in [6, 6.07) is 5.18. The number of nitrogens with one attached hydrogen (secondary N) is 1. The topological polar surface area (TPSA) is 66.5 Å². The van der Waals surface area contributed by atoms with Crippen molar-refractivity contribution in [3.8, 4) is 0 Å². The lowest BCUT2D eigenvalue weighted by Gasteiger charge is -2.13. The van der Waals surface area contributed by atoms with Crippen LogP contribution in [0.15, 0.2) is 18.2 Å². The van der Waals surface area contributed by atoms with Crippen molar-refractivity contribution in [1.82, 2.24) is 10.2 Å². The molecule has 0 aliphatic carbocycles. The number of imide groups is 1. The number of hydrogen-bond acceptors (Lipinski definition) is 3. The first-order chi connectivity index (χ1) is 9.04. The summed E-state index contributed by atoms with van der Waals surface area (Å²) in [5.74, 6) is -0.785. The smallest absolute Gasteiger partial charge is 0.261 e. The molecule has 5 heteroatoms. The maximum absolute atomic E-state index is 12.1. The third-order valence-electron chi connectivity index (χ3n) is 3.06. The first-order valence-corrected chi connectivity index (χ1v) is 6.28. The predicted molar refractivity (Wildman–Crippen MR) is 69.8 cm³/mol. The maximum atomic E-state index is 12.1. The van der Waals surface area contributed by atoms with Crippen molar-refractivity contribution >= 4 is 17.7 Å². The SMILES string of the molecule is CCNC(=O)CCN1C(=O)c2ccc(C)cc2C1=O. The Hall–Kier alpha value is -2.17. The molecule has 2 rings (SSSR count). The molecular formula is C14H16N2O3. The van der Waals surface area contributed by atoms with E-state index in [1.165, 1.54) is 0 Å². The van der Waals surface area contributed by atoms with Gasteiger partial charge in [-0.2, -0.15) is 0 Å². The van der Waals surface area contributed by atoms with Gasteiger partial charge in [0, 0.05) is 19.5 Å². The van der Waals surface area contributed by atoms with Crippen molar-refractivity contribution in [2.75, 3.05) is 13.1 Å². The molecule has 1 aromatic rings. The van der Waals surface area contributed by atoms with Crippen LogP contribution in [0.5, 0.6) is 0 Å². The zero-order valence-electron chi connectivity index (χ0n) is 11.0. The minimum Gasteiger partial charge on any atom is -0.356 e. The van der Waals surface area contributed by atoms with E-state index in [1.54, 1.807) is 18.2 Å². The Morgan fingerprint density at radius 2 is 1.89 bits per heavy atom. The van der Waals surface area contributed by atoms with E-state index in [4.69, 9.17) is 0 Å². The Morgan fingerprint density at radius 1 is 1.21 bits per heavy atom. The molecule has 0 aromatic heterocycles. The fourth-order valence-electron chi connectivity index (χ4n) is 2.11. The molecule has 0 radical (unpaired) electrons. The van der Waals surface area contributed by atoms with Crippen molar-refractivity contribution in [3.63, 3.8) is 0 Å². The van der Waals surface area contributed by atoms with Crippen LogP contribution in [-0.2, 0) is 4.79 Å². The van der Waals surface area contributed by atoms with E-state index in [0.717, 1.165) is 10.5 Å². The van der Waals surface area contributed by atoms with Crippen LogP contribution in [-0.4, -0.2) is 35.7 Å². The van der Waals surface area contributed by atoms with Crippen molar-refractivity contribution in [2.24, 2.45) is 0 Å². The van der Waals surface area contributed by atoms with Crippen molar-refractivity contribution in [2.45, 2.75) is 20.3 Å². The highest BCUT2D eigenvalue weighted by Gasteiger charge is 2.35. The first kappa shape index (κ1) is 13.3. The third-order valence-corrected chi connectivity index (χ3v) is 3.06. The van der Waals surface area contributed by atoms with E-state index in [2.05, 4.69) is 5.32 Å². The summed E-state index contributed by atoms with van der Waals surface area (Å²) in [6.45, 7) is 4.36. The molecule has 1 heterocycles. The standard InChI is InChI=1S/C14H16N2O3/c1-3-15-12(17)6-7-16-13(18)10-5-4-9(2)8-11(10)14(16)19/h4-5,8H,3,6-7H2,1-2H3,(H,15,17). The largest absolute Gasteiger partial charge is 0.356 e. The number of nitrogens with zero attached hydrogens (tertiary/aromatic N) is 1. The van der Waals surface area contributed by atoms with Crippen LogP contribution in [0.3, 0.4) is 0 Å². The van der Waals surface area contributed by atoms with Crippen LogP contribution in [0.1, 0.15) is 39.6 Å². The fourth-order valence-corrected chi connectivity index (χ4v) is 2.11. The van der Waals surface area contributed by atoms with Crippen LogP contribution in [0.2, 0.25) is 0 Å². The van der Waals surface area contributed by atoms with Gasteiger partial charge in [-0.3, -0.25) is 19.3 Å². The molecule has 100 valence electrons. The van der Waals surface area contributed by atoms with Crippen molar-refractivity contribution < 1.29 is 14.4 Å². The van der Waals surface area contributed by atoms with Gasteiger partial charge in [0.15, 0.2) is 0 Å². The average molecular weight is 260 g/mol. The van der Waals surface area contributed by atoms with E-state index < -0.39 is 0 Å². The second-order valence-corrected chi connectivity index (χ2v) is 4.51. The number of fused-ring (bicyclic) bond motifs is 1. The lowest BCUT2D eigenvalue weighted by Crippen LogP contribution is -2.34. The van der Waals surface area contributed by atoms with Gasteiger partial charge in [0.05, 0.1) is 11.1 Å². The Kier molecular flexibility index (Phi) is 3.64. The summed E-state index contributed by atoms with van der Waals surface area (Å²) in [5, 5.41) is 2.64. The maximum Gasteiger partial charge on any atom is 0.261 e. The number of rotatable bonds is 4. The van der Waals surface area contributed by atoms with Gasteiger partial charge in [-0.25, -0.2) is 0 Å². The summed E-state index contributed by atoms with van der Waals surface area (Å²) >= 11 is 0.